The van der Waals surface area contributed by atoms with Gasteiger partial charge < -0.3 is 33.8 Å². The number of hydrogen-bond acceptors (Lipinski definition) is 15. The van der Waals surface area contributed by atoms with E-state index >= 15 is 0 Å². The lowest BCUT2D eigenvalue weighted by Crippen LogP contribution is -2.30. The van der Waals surface area contributed by atoms with Crippen molar-refractivity contribution < 1.29 is 80.2 Å². The molecule has 0 heterocycles. The molecule has 0 fully saturated rings. The van der Waals surface area contributed by atoms with Crippen molar-refractivity contribution in [2.75, 3.05) is 39.6 Å². The zero-order valence-electron chi connectivity index (χ0n) is 65.4. The molecule has 0 aromatic carbocycles. The first-order chi connectivity index (χ1) is 50.7. The van der Waals surface area contributed by atoms with Crippen LogP contribution in [0.5, 0.6) is 0 Å². The molecule has 0 aromatic rings. The van der Waals surface area contributed by atoms with Gasteiger partial charge in [0.2, 0.25) is 0 Å². The fraction of sp³-hybridized carbons (Fsp3) is 0.718. The van der Waals surface area contributed by atoms with E-state index in [2.05, 4.69) is 149 Å². The van der Waals surface area contributed by atoms with E-state index in [9.17, 15) is 43.2 Å². The predicted molar refractivity (Wildman–Crippen MR) is 427 cm³/mol. The van der Waals surface area contributed by atoms with Crippen molar-refractivity contribution in [1.29, 1.82) is 0 Å². The first-order valence-corrected chi connectivity index (χ1v) is 43.8. The highest BCUT2D eigenvalue weighted by molar-refractivity contribution is 7.47. The number of phosphoric acid groups is 2. The van der Waals surface area contributed by atoms with Crippen LogP contribution in [0.1, 0.15) is 336 Å². The van der Waals surface area contributed by atoms with Gasteiger partial charge in [-0.25, -0.2) is 9.13 Å². The predicted octanol–water partition coefficient (Wildman–Crippen LogP) is 23.9. The van der Waals surface area contributed by atoms with Gasteiger partial charge in [0.1, 0.15) is 19.3 Å². The normalized spacial score (nSPS) is 14.5. The molecule has 0 saturated carbocycles. The molecule has 598 valence electrons. The molecular formula is C85H146O17P2. The number of ether oxygens (including phenoxy) is 4. The van der Waals surface area contributed by atoms with Crippen molar-refractivity contribution in [2.45, 2.75) is 354 Å². The number of carbonyl (C=O) groups is 4. The third-order valence-corrected chi connectivity index (χ3v) is 18.8. The number of aliphatic hydroxyl groups excluding tert-OH is 1. The molecule has 0 amide bonds. The maximum absolute atomic E-state index is 13.1. The summed E-state index contributed by atoms with van der Waals surface area (Å²) in [5.41, 5.74) is 0. The summed E-state index contributed by atoms with van der Waals surface area (Å²) < 4.78 is 68.6. The second-order valence-electron chi connectivity index (χ2n) is 27.0. The third-order valence-electron chi connectivity index (χ3n) is 16.9. The fourth-order valence-corrected chi connectivity index (χ4v) is 12.3. The summed E-state index contributed by atoms with van der Waals surface area (Å²) >= 11 is 0. The molecule has 0 aliphatic carbocycles. The van der Waals surface area contributed by atoms with Crippen LogP contribution < -0.4 is 0 Å². The lowest BCUT2D eigenvalue weighted by atomic mass is 10.1. The van der Waals surface area contributed by atoms with Crippen molar-refractivity contribution in [2.24, 2.45) is 0 Å². The van der Waals surface area contributed by atoms with E-state index in [1.807, 2.05) is 0 Å². The summed E-state index contributed by atoms with van der Waals surface area (Å²) in [5, 5.41) is 10.6. The minimum atomic E-state index is -4.99. The number of phosphoric ester groups is 2. The van der Waals surface area contributed by atoms with Crippen molar-refractivity contribution in [3.8, 4) is 0 Å². The quantitative estimate of drug-likeness (QED) is 0.0169. The van der Waals surface area contributed by atoms with E-state index in [1.54, 1.807) is 0 Å². The van der Waals surface area contributed by atoms with Gasteiger partial charge in [0.05, 0.1) is 26.4 Å². The van der Waals surface area contributed by atoms with E-state index in [1.165, 1.54) is 77.0 Å². The highest BCUT2D eigenvalue weighted by atomic mass is 31.2. The third kappa shape index (κ3) is 75.7. The summed E-state index contributed by atoms with van der Waals surface area (Å²) in [6, 6.07) is 0. The average molecular weight is 1500 g/mol. The molecule has 0 aromatic heterocycles. The Bertz CT molecular complexity index is 2440. The molecule has 3 N–H and O–H groups in total. The Morgan fingerprint density at radius 1 is 0.279 bits per heavy atom. The van der Waals surface area contributed by atoms with Crippen LogP contribution >= 0.6 is 15.6 Å². The summed E-state index contributed by atoms with van der Waals surface area (Å²) in [6.07, 6.45) is 84.6. The number of hydrogen-bond donors (Lipinski definition) is 3. The molecule has 5 atom stereocenters. The minimum Gasteiger partial charge on any atom is -0.462 e. The van der Waals surface area contributed by atoms with Gasteiger partial charge >= 0.3 is 39.5 Å². The van der Waals surface area contributed by atoms with Crippen LogP contribution in [0.3, 0.4) is 0 Å². The highest BCUT2D eigenvalue weighted by Gasteiger charge is 2.30. The zero-order chi connectivity index (χ0) is 76.0. The molecule has 0 bridgehead atoms. The molecule has 104 heavy (non-hydrogen) atoms. The maximum atomic E-state index is 13.1. The molecule has 0 rings (SSSR count). The van der Waals surface area contributed by atoms with Crippen molar-refractivity contribution >= 4 is 39.5 Å². The maximum Gasteiger partial charge on any atom is 0.472 e. The second kappa shape index (κ2) is 76.6. The Hall–Kier alpha value is -4.54. The molecule has 0 saturated heterocycles. The van der Waals surface area contributed by atoms with Gasteiger partial charge in [0, 0.05) is 25.7 Å². The highest BCUT2D eigenvalue weighted by Crippen LogP contribution is 2.45. The van der Waals surface area contributed by atoms with E-state index in [4.69, 9.17) is 37.0 Å². The van der Waals surface area contributed by atoms with Crippen LogP contribution in [0.4, 0.5) is 0 Å². The number of unbranched alkanes of at least 4 members (excludes halogenated alkanes) is 30. The number of carbonyl (C=O) groups excluding carboxylic acids is 4. The van der Waals surface area contributed by atoms with Crippen LogP contribution in [-0.4, -0.2) is 96.7 Å². The van der Waals surface area contributed by atoms with Crippen LogP contribution in [-0.2, 0) is 65.4 Å². The first kappa shape index (κ1) is 99.5. The van der Waals surface area contributed by atoms with E-state index in [-0.39, 0.29) is 25.7 Å². The Labute approximate surface area is 632 Å². The lowest BCUT2D eigenvalue weighted by molar-refractivity contribution is -0.161. The van der Waals surface area contributed by atoms with Gasteiger partial charge in [-0.15, -0.1) is 0 Å². The van der Waals surface area contributed by atoms with Gasteiger partial charge in [0.15, 0.2) is 12.2 Å². The van der Waals surface area contributed by atoms with Gasteiger partial charge in [0.25, 0.3) is 0 Å². The summed E-state index contributed by atoms with van der Waals surface area (Å²) in [4.78, 5) is 73.0. The van der Waals surface area contributed by atoms with Crippen LogP contribution in [0, 0.1) is 0 Å². The lowest BCUT2D eigenvalue weighted by Gasteiger charge is -2.21. The van der Waals surface area contributed by atoms with Gasteiger partial charge in [-0.2, -0.15) is 0 Å². The first-order valence-electron chi connectivity index (χ1n) is 40.8. The molecule has 0 radical (unpaired) electrons. The smallest absolute Gasteiger partial charge is 0.462 e. The number of esters is 4. The molecule has 5 unspecified atom stereocenters. The fourth-order valence-electron chi connectivity index (χ4n) is 10.8. The van der Waals surface area contributed by atoms with Crippen molar-refractivity contribution in [1.82, 2.24) is 0 Å². The van der Waals surface area contributed by atoms with E-state index in [0.717, 1.165) is 180 Å². The van der Waals surface area contributed by atoms with Gasteiger partial charge in [-0.05, 0) is 135 Å². The Balaban J connectivity index is 5.39. The second-order valence-corrected chi connectivity index (χ2v) is 29.9. The molecule has 0 aliphatic rings. The molecule has 0 aliphatic heterocycles. The Kier molecular flexibility index (Phi) is 73.3. The molecule has 19 heteroatoms. The molecule has 0 spiro atoms. The van der Waals surface area contributed by atoms with Crippen LogP contribution in [0.15, 0.2) is 122 Å². The number of rotatable bonds is 76. The van der Waals surface area contributed by atoms with E-state index in [0.29, 0.717) is 25.7 Å². The van der Waals surface area contributed by atoms with Crippen molar-refractivity contribution in [3.05, 3.63) is 122 Å². The average Bonchev–Trinajstić information content (AvgIpc) is 0.928. The topological polar surface area (TPSA) is 237 Å². The van der Waals surface area contributed by atoms with Crippen LogP contribution in [0.2, 0.25) is 0 Å². The molecule has 17 nitrogen and oxygen atoms in total. The number of aliphatic hydroxyl groups is 1. The minimum absolute atomic E-state index is 0.0687. The summed E-state index contributed by atoms with van der Waals surface area (Å²) in [7, 11) is -9.97. The van der Waals surface area contributed by atoms with Gasteiger partial charge in [-0.3, -0.25) is 37.3 Å². The Morgan fingerprint density at radius 3 is 0.788 bits per heavy atom. The van der Waals surface area contributed by atoms with Gasteiger partial charge in [-0.1, -0.05) is 297 Å². The largest absolute Gasteiger partial charge is 0.472 e. The van der Waals surface area contributed by atoms with E-state index < -0.39 is 97.5 Å². The summed E-state index contributed by atoms with van der Waals surface area (Å²) in [5.74, 6) is -2.22. The van der Waals surface area contributed by atoms with Crippen molar-refractivity contribution in [3.63, 3.8) is 0 Å². The number of allylic oxidation sites excluding steroid dienone is 20. The monoisotopic (exact) mass is 1500 g/mol. The SMILES string of the molecule is CC/C=C\C/C=C\C/C=C\C/C=C\C/C=C\CCCCCC(=O)OCC(COP(=O)(O)OCC(O)COP(=O)(O)OCC(COC(=O)CCCCCCC/C=C\CCCCCCCC)OC(=O)CCCCCCCCCCCCC)OC(=O)CCCCCCCC/C=C\C/C=C\C/C=C\C/C=C\CC. The zero-order valence-corrected chi connectivity index (χ0v) is 67.2. The molecular weight excluding hydrogens is 1350 g/mol. The standard InChI is InChI=1S/C85H146O17P2/c1-5-9-13-17-21-25-29-32-35-37-39-41-44-47-51-54-58-62-66-70-83(88)96-76-81(102-85(90)72-68-64-60-56-52-48-45-42-40-38-36-33-30-26-22-18-14-10-6-2)78-100-104(93,94)98-74-79(86)73-97-103(91,92)99-77-80(101-84(89)71-67-63-59-55-49-28-24-20-16-12-8-4)75-95-82(87)69-65-61-57-53-50-46-43-34-31-27-23-19-15-11-7-3/h9-10,13-14,21-22,25-26,32-36,39-43,47,51,79-81,86H,5-8,11-12,15-20,23-24,27-31,37-38,44-46,48-50,52-78H2,1-4H3,(H,91,92)(H,93,94)/b13-9-,14-10-,25-21-,26-22-,35-32-,36-33-,41-39-,42-40-,43-34-,51-47-. The summed E-state index contributed by atoms with van der Waals surface area (Å²) in [6.45, 7) is 4.61. The Morgan fingerprint density at radius 2 is 0.500 bits per heavy atom. The van der Waals surface area contributed by atoms with Crippen LogP contribution in [0.25, 0.3) is 0 Å².